The van der Waals surface area contributed by atoms with Gasteiger partial charge in [-0.05, 0) is 55.2 Å². The van der Waals surface area contributed by atoms with Gasteiger partial charge in [0, 0.05) is 31.1 Å². The first-order valence-electron chi connectivity index (χ1n) is 11.0. The number of ether oxygens (including phenoxy) is 2. The number of nitrogens with one attached hydrogen (secondary N) is 1. The molecular weight excluding hydrogens is 404 g/mol. The molecular formula is C25H26N4O3. The fourth-order valence-electron chi connectivity index (χ4n) is 4.25. The lowest BCUT2D eigenvalue weighted by atomic mass is 9.95. The second kappa shape index (κ2) is 8.86. The number of aryl methyl sites for hydroxylation is 1. The highest BCUT2D eigenvalue weighted by Crippen LogP contribution is 2.32. The molecule has 2 aromatic carbocycles. The third-order valence-corrected chi connectivity index (χ3v) is 6.16. The molecule has 1 amide bonds. The van der Waals surface area contributed by atoms with Crippen LogP contribution in [-0.4, -0.2) is 36.0 Å². The Kier molecular flexibility index (Phi) is 5.62. The Balaban J connectivity index is 1.14. The summed E-state index contributed by atoms with van der Waals surface area (Å²) in [6.07, 6.45) is 1.60. The maximum absolute atomic E-state index is 12.7. The zero-order valence-corrected chi connectivity index (χ0v) is 18.1. The van der Waals surface area contributed by atoms with Gasteiger partial charge in [0.25, 0.3) is 0 Å². The maximum atomic E-state index is 12.7. The van der Waals surface area contributed by atoms with Gasteiger partial charge in [-0.2, -0.15) is 0 Å². The fraction of sp³-hybridized carbons (Fsp3) is 0.320. The monoisotopic (exact) mass is 430 g/mol. The lowest BCUT2D eigenvalue weighted by Gasteiger charge is -2.31. The molecule has 1 saturated heterocycles. The first kappa shape index (κ1) is 20.3. The van der Waals surface area contributed by atoms with Gasteiger partial charge in [0.2, 0.25) is 12.7 Å². The molecule has 1 aromatic heterocycles. The number of hydrogen-bond acceptors (Lipinski definition) is 6. The lowest BCUT2D eigenvalue weighted by Crippen LogP contribution is -2.40. The van der Waals surface area contributed by atoms with E-state index in [0.717, 1.165) is 60.1 Å². The molecule has 7 nitrogen and oxygen atoms in total. The van der Waals surface area contributed by atoms with Crippen molar-refractivity contribution in [3.8, 4) is 22.8 Å². The van der Waals surface area contributed by atoms with Gasteiger partial charge >= 0.3 is 0 Å². The van der Waals surface area contributed by atoms with Crippen LogP contribution in [0, 0.1) is 12.8 Å². The van der Waals surface area contributed by atoms with Gasteiger partial charge in [0.1, 0.15) is 0 Å². The van der Waals surface area contributed by atoms with E-state index < -0.39 is 0 Å². The average Bonchev–Trinajstić information content (AvgIpc) is 3.31. The topological polar surface area (TPSA) is 76.6 Å². The zero-order chi connectivity index (χ0) is 21.9. The molecule has 0 aliphatic carbocycles. The van der Waals surface area contributed by atoms with Crippen molar-refractivity contribution in [2.45, 2.75) is 26.3 Å². The fourth-order valence-corrected chi connectivity index (χ4v) is 4.25. The van der Waals surface area contributed by atoms with Gasteiger partial charge in [-0.15, -0.1) is 10.2 Å². The molecule has 0 atom stereocenters. The Morgan fingerprint density at radius 2 is 1.84 bits per heavy atom. The number of amides is 1. The minimum Gasteiger partial charge on any atom is -0.454 e. The highest BCUT2D eigenvalue weighted by molar-refractivity contribution is 5.79. The predicted octanol–water partition coefficient (Wildman–Crippen LogP) is 3.71. The number of anilines is 1. The quantitative estimate of drug-likeness (QED) is 0.665. The maximum Gasteiger partial charge on any atom is 0.231 e. The van der Waals surface area contributed by atoms with E-state index in [9.17, 15) is 4.79 Å². The summed E-state index contributed by atoms with van der Waals surface area (Å²) in [6, 6.07) is 18.0. The van der Waals surface area contributed by atoms with Crippen molar-refractivity contribution in [2.75, 3.05) is 24.8 Å². The molecule has 0 bridgehead atoms. The van der Waals surface area contributed by atoms with Crippen molar-refractivity contribution < 1.29 is 14.3 Å². The summed E-state index contributed by atoms with van der Waals surface area (Å²) < 4.78 is 10.7. The summed E-state index contributed by atoms with van der Waals surface area (Å²) in [5.74, 6) is 2.46. The molecule has 1 N–H and O–H groups in total. The van der Waals surface area contributed by atoms with E-state index in [1.54, 1.807) is 0 Å². The summed E-state index contributed by atoms with van der Waals surface area (Å²) in [5, 5.41) is 11.9. The predicted molar refractivity (Wildman–Crippen MR) is 122 cm³/mol. The van der Waals surface area contributed by atoms with E-state index in [4.69, 9.17) is 9.47 Å². The third kappa shape index (κ3) is 4.23. The minimum atomic E-state index is 0.0134. The molecule has 2 aliphatic heterocycles. The third-order valence-electron chi connectivity index (χ3n) is 6.16. The van der Waals surface area contributed by atoms with Crippen LogP contribution in [0.2, 0.25) is 0 Å². The molecule has 0 radical (unpaired) electrons. The van der Waals surface area contributed by atoms with Crippen LogP contribution in [0.3, 0.4) is 0 Å². The Hall–Kier alpha value is -3.61. The van der Waals surface area contributed by atoms with Crippen molar-refractivity contribution in [2.24, 2.45) is 5.92 Å². The molecule has 164 valence electrons. The number of benzene rings is 2. The van der Waals surface area contributed by atoms with Gasteiger partial charge in [-0.1, -0.05) is 30.3 Å². The number of carbonyl (C=O) groups is 1. The summed E-state index contributed by atoms with van der Waals surface area (Å²) >= 11 is 0. The van der Waals surface area contributed by atoms with Crippen LogP contribution in [0.4, 0.5) is 5.82 Å². The SMILES string of the molecule is Cc1ccccc1-c1ccc(N2CCC(C(=O)NCc3ccc4c(c3)OCO4)CC2)nn1. The molecule has 3 aromatic rings. The molecule has 0 spiro atoms. The molecule has 5 rings (SSSR count). The molecule has 0 saturated carbocycles. The van der Waals surface area contributed by atoms with Crippen LogP contribution in [0.25, 0.3) is 11.3 Å². The number of piperidine rings is 1. The van der Waals surface area contributed by atoms with Gasteiger partial charge < -0.3 is 19.7 Å². The van der Waals surface area contributed by atoms with Gasteiger partial charge in [-0.25, -0.2) is 0 Å². The Bertz CT molecular complexity index is 1110. The first-order valence-corrected chi connectivity index (χ1v) is 11.0. The summed E-state index contributed by atoms with van der Waals surface area (Å²) in [7, 11) is 0. The number of rotatable bonds is 5. The summed E-state index contributed by atoms with van der Waals surface area (Å²) in [6.45, 7) is 4.40. The lowest BCUT2D eigenvalue weighted by molar-refractivity contribution is -0.125. The van der Waals surface area contributed by atoms with Crippen molar-refractivity contribution in [1.82, 2.24) is 15.5 Å². The van der Waals surface area contributed by atoms with E-state index in [0.29, 0.717) is 6.54 Å². The molecule has 7 heteroatoms. The van der Waals surface area contributed by atoms with Gasteiger partial charge in [0.15, 0.2) is 17.3 Å². The summed E-state index contributed by atoms with van der Waals surface area (Å²) in [5.41, 5.74) is 4.17. The molecule has 0 unspecified atom stereocenters. The Morgan fingerprint density at radius 1 is 1.03 bits per heavy atom. The number of fused-ring (bicyclic) bond motifs is 1. The first-order chi connectivity index (χ1) is 15.7. The van der Waals surface area contributed by atoms with Gasteiger partial charge in [0.05, 0.1) is 5.69 Å². The van der Waals surface area contributed by atoms with E-state index in [-0.39, 0.29) is 18.6 Å². The van der Waals surface area contributed by atoms with E-state index >= 15 is 0 Å². The molecule has 1 fully saturated rings. The smallest absolute Gasteiger partial charge is 0.231 e. The molecule has 2 aliphatic rings. The van der Waals surface area contributed by atoms with E-state index in [1.807, 2.05) is 42.5 Å². The largest absolute Gasteiger partial charge is 0.454 e. The highest BCUT2D eigenvalue weighted by atomic mass is 16.7. The number of hydrogen-bond donors (Lipinski definition) is 1. The number of carbonyl (C=O) groups excluding carboxylic acids is 1. The van der Waals surface area contributed by atoms with Crippen LogP contribution in [-0.2, 0) is 11.3 Å². The summed E-state index contributed by atoms with van der Waals surface area (Å²) in [4.78, 5) is 14.9. The normalized spacial score (nSPS) is 15.6. The van der Waals surface area contributed by atoms with Gasteiger partial charge in [-0.3, -0.25) is 4.79 Å². The standard InChI is InChI=1S/C25H26N4O3/c1-17-4-2-3-5-20(17)21-7-9-24(28-27-21)29-12-10-19(11-13-29)25(30)26-15-18-6-8-22-23(14-18)32-16-31-22/h2-9,14,19H,10-13,15-16H2,1H3,(H,26,30). The zero-order valence-electron chi connectivity index (χ0n) is 18.1. The van der Waals surface area contributed by atoms with E-state index in [2.05, 4.69) is 39.5 Å². The van der Waals surface area contributed by atoms with Crippen LogP contribution in [0.1, 0.15) is 24.0 Å². The van der Waals surface area contributed by atoms with Crippen molar-refractivity contribution in [3.63, 3.8) is 0 Å². The van der Waals surface area contributed by atoms with Crippen molar-refractivity contribution >= 4 is 11.7 Å². The van der Waals surface area contributed by atoms with Crippen LogP contribution in [0.5, 0.6) is 11.5 Å². The molecule has 3 heterocycles. The van der Waals surface area contributed by atoms with Crippen LogP contribution in [0.15, 0.2) is 54.6 Å². The Morgan fingerprint density at radius 3 is 2.62 bits per heavy atom. The minimum absolute atomic E-state index is 0.0134. The van der Waals surface area contributed by atoms with Crippen molar-refractivity contribution in [3.05, 3.63) is 65.7 Å². The average molecular weight is 431 g/mol. The van der Waals surface area contributed by atoms with E-state index in [1.165, 1.54) is 5.56 Å². The number of nitrogens with zero attached hydrogens (tertiary/aromatic N) is 3. The Labute approximate surface area is 187 Å². The molecule has 32 heavy (non-hydrogen) atoms. The second-order valence-electron chi connectivity index (χ2n) is 8.26. The highest BCUT2D eigenvalue weighted by Gasteiger charge is 2.26. The number of aromatic nitrogens is 2. The van der Waals surface area contributed by atoms with Crippen molar-refractivity contribution in [1.29, 1.82) is 0 Å². The van der Waals surface area contributed by atoms with Crippen LogP contribution < -0.4 is 19.7 Å². The second-order valence-corrected chi connectivity index (χ2v) is 8.26. The van der Waals surface area contributed by atoms with Crippen LogP contribution >= 0.6 is 0 Å².